The summed E-state index contributed by atoms with van der Waals surface area (Å²) in [4.78, 5) is 11.9. The number of nitrogens with zero attached hydrogens (tertiary/aromatic N) is 1. The Morgan fingerprint density at radius 3 is 2.65 bits per heavy atom. The molecule has 2 aromatic carbocycles. The van der Waals surface area contributed by atoms with E-state index in [1.165, 1.54) is 30.3 Å². The Kier molecular flexibility index (Phi) is 3.53. The number of carbonyl (C=O) groups excluding carboxylic acids is 1. The Labute approximate surface area is 114 Å². The van der Waals surface area contributed by atoms with Crippen LogP contribution in [0.25, 0.3) is 0 Å². The Hall–Kier alpha value is -3.07. The van der Waals surface area contributed by atoms with Crippen LogP contribution in [0.4, 0.5) is 15.8 Å². The first-order valence-corrected chi connectivity index (χ1v) is 5.61. The number of nitrogens with one attached hydrogen (secondary N) is 1. The van der Waals surface area contributed by atoms with E-state index in [-0.39, 0.29) is 22.7 Å². The lowest BCUT2D eigenvalue weighted by atomic mass is 10.1. The van der Waals surface area contributed by atoms with Crippen molar-refractivity contribution in [3.63, 3.8) is 0 Å². The zero-order valence-corrected chi connectivity index (χ0v) is 10.2. The average molecular weight is 271 g/mol. The van der Waals surface area contributed by atoms with E-state index in [1.807, 2.05) is 6.07 Å². The first-order valence-electron chi connectivity index (χ1n) is 5.61. The van der Waals surface area contributed by atoms with Gasteiger partial charge in [0.2, 0.25) is 0 Å². The van der Waals surface area contributed by atoms with Gasteiger partial charge < -0.3 is 16.2 Å². The van der Waals surface area contributed by atoms with E-state index in [4.69, 9.17) is 16.1 Å². The molecule has 0 heterocycles. The van der Waals surface area contributed by atoms with Crippen LogP contribution < -0.4 is 11.1 Å². The smallest absolute Gasteiger partial charge is 0.258 e. The van der Waals surface area contributed by atoms with Crippen LogP contribution in [-0.4, -0.2) is 11.0 Å². The van der Waals surface area contributed by atoms with Gasteiger partial charge in [0.15, 0.2) is 0 Å². The maximum absolute atomic E-state index is 13.5. The van der Waals surface area contributed by atoms with Gasteiger partial charge in [0.05, 0.1) is 28.6 Å². The molecule has 0 aliphatic carbocycles. The second-order valence-electron chi connectivity index (χ2n) is 4.03. The van der Waals surface area contributed by atoms with Gasteiger partial charge in [-0.2, -0.15) is 5.26 Å². The molecule has 0 aliphatic heterocycles. The maximum atomic E-state index is 13.5. The molecule has 0 aromatic heterocycles. The van der Waals surface area contributed by atoms with Gasteiger partial charge in [-0.05, 0) is 30.3 Å². The molecule has 0 atom stereocenters. The van der Waals surface area contributed by atoms with Gasteiger partial charge in [-0.25, -0.2) is 4.39 Å². The highest BCUT2D eigenvalue weighted by molar-refractivity contribution is 6.06. The van der Waals surface area contributed by atoms with Gasteiger partial charge in [-0.3, -0.25) is 4.79 Å². The number of anilines is 2. The van der Waals surface area contributed by atoms with Crippen molar-refractivity contribution < 1.29 is 14.3 Å². The standard InChI is InChI=1S/C14H10FN3O2/c15-11-6-9(19)2-3-10(11)14(20)18-13-4-1-8(7-16)5-12(13)17/h1-6,19H,17H2,(H,18,20). The molecule has 0 bridgehead atoms. The fraction of sp³-hybridized carbons (Fsp3) is 0. The minimum Gasteiger partial charge on any atom is -0.508 e. The van der Waals surface area contributed by atoms with E-state index in [1.54, 1.807) is 0 Å². The van der Waals surface area contributed by atoms with Crippen LogP contribution in [0.15, 0.2) is 36.4 Å². The van der Waals surface area contributed by atoms with E-state index >= 15 is 0 Å². The number of rotatable bonds is 2. The Balaban J connectivity index is 2.26. The van der Waals surface area contributed by atoms with Gasteiger partial charge in [-0.15, -0.1) is 0 Å². The number of halogens is 1. The third kappa shape index (κ3) is 2.67. The van der Waals surface area contributed by atoms with Crippen LogP contribution >= 0.6 is 0 Å². The molecular weight excluding hydrogens is 261 g/mol. The minimum atomic E-state index is -0.838. The molecule has 0 saturated carbocycles. The predicted octanol–water partition coefficient (Wildman–Crippen LogP) is 2.24. The van der Waals surface area contributed by atoms with Gasteiger partial charge in [0, 0.05) is 6.07 Å². The SMILES string of the molecule is N#Cc1ccc(NC(=O)c2ccc(O)cc2F)c(N)c1. The molecule has 1 amide bonds. The van der Waals surface area contributed by atoms with Crippen molar-refractivity contribution in [2.45, 2.75) is 0 Å². The number of phenolic OH excluding ortho intramolecular Hbond substituents is 1. The average Bonchev–Trinajstić information content (AvgIpc) is 2.40. The number of aromatic hydroxyl groups is 1. The van der Waals surface area contributed by atoms with E-state index in [0.29, 0.717) is 5.56 Å². The monoisotopic (exact) mass is 271 g/mol. The first-order chi connectivity index (χ1) is 9.51. The lowest BCUT2D eigenvalue weighted by Gasteiger charge is -2.09. The zero-order valence-electron chi connectivity index (χ0n) is 10.2. The molecule has 100 valence electrons. The number of hydrogen-bond donors (Lipinski definition) is 3. The summed E-state index contributed by atoms with van der Waals surface area (Å²) >= 11 is 0. The fourth-order valence-corrected chi connectivity index (χ4v) is 1.62. The third-order valence-electron chi connectivity index (χ3n) is 2.63. The summed E-state index contributed by atoms with van der Waals surface area (Å²) in [6.45, 7) is 0. The molecule has 0 radical (unpaired) electrons. The summed E-state index contributed by atoms with van der Waals surface area (Å²) in [6.07, 6.45) is 0. The van der Waals surface area contributed by atoms with Gasteiger partial charge >= 0.3 is 0 Å². The first kappa shape index (κ1) is 13.4. The number of nitrogens with two attached hydrogens (primary N) is 1. The maximum Gasteiger partial charge on any atom is 0.258 e. The Bertz CT molecular complexity index is 723. The topological polar surface area (TPSA) is 99.1 Å². The van der Waals surface area contributed by atoms with Crippen LogP contribution in [-0.2, 0) is 0 Å². The number of nitriles is 1. The lowest BCUT2D eigenvalue weighted by molar-refractivity contribution is 0.102. The highest BCUT2D eigenvalue weighted by Crippen LogP contribution is 2.22. The Morgan fingerprint density at radius 2 is 2.05 bits per heavy atom. The van der Waals surface area contributed by atoms with Crippen LogP contribution in [0.5, 0.6) is 5.75 Å². The largest absolute Gasteiger partial charge is 0.508 e. The molecule has 6 heteroatoms. The molecule has 0 aliphatic rings. The van der Waals surface area contributed by atoms with Crippen LogP contribution in [0.2, 0.25) is 0 Å². The molecule has 4 N–H and O–H groups in total. The molecule has 0 spiro atoms. The van der Waals surface area contributed by atoms with Crippen molar-refractivity contribution in [3.05, 3.63) is 53.3 Å². The van der Waals surface area contributed by atoms with Gasteiger partial charge in [-0.1, -0.05) is 0 Å². The van der Waals surface area contributed by atoms with Crippen LogP contribution in [0.3, 0.4) is 0 Å². The summed E-state index contributed by atoms with van der Waals surface area (Å²) in [5, 5.41) is 20.2. The molecule has 5 nitrogen and oxygen atoms in total. The van der Waals surface area contributed by atoms with E-state index in [0.717, 1.165) is 6.07 Å². The van der Waals surface area contributed by atoms with Crippen molar-refractivity contribution in [2.75, 3.05) is 11.1 Å². The molecular formula is C14H10FN3O2. The molecule has 20 heavy (non-hydrogen) atoms. The number of hydrogen-bond acceptors (Lipinski definition) is 4. The highest BCUT2D eigenvalue weighted by Gasteiger charge is 2.13. The summed E-state index contributed by atoms with van der Waals surface area (Å²) in [5.41, 5.74) is 6.31. The number of carbonyl (C=O) groups is 1. The summed E-state index contributed by atoms with van der Waals surface area (Å²) in [6, 6.07) is 9.49. The van der Waals surface area contributed by atoms with Crippen molar-refractivity contribution in [1.82, 2.24) is 0 Å². The Morgan fingerprint density at radius 1 is 1.30 bits per heavy atom. The minimum absolute atomic E-state index is 0.205. The normalized spacial score (nSPS) is 9.80. The number of nitrogen functional groups attached to an aromatic ring is 1. The summed E-state index contributed by atoms with van der Waals surface area (Å²) in [7, 11) is 0. The predicted molar refractivity (Wildman–Crippen MR) is 71.6 cm³/mol. The van der Waals surface area contributed by atoms with Crippen molar-refractivity contribution in [3.8, 4) is 11.8 Å². The molecule has 0 fully saturated rings. The number of benzene rings is 2. The van der Waals surface area contributed by atoms with Crippen LogP contribution in [0, 0.1) is 17.1 Å². The van der Waals surface area contributed by atoms with E-state index in [9.17, 15) is 9.18 Å². The van der Waals surface area contributed by atoms with Crippen molar-refractivity contribution >= 4 is 17.3 Å². The van der Waals surface area contributed by atoms with Crippen LogP contribution in [0.1, 0.15) is 15.9 Å². The van der Waals surface area contributed by atoms with E-state index < -0.39 is 11.7 Å². The number of phenols is 1. The zero-order chi connectivity index (χ0) is 14.7. The number of amides is 1. The molecule has 2 rings (SSSR count). The fourth-order valence-electron chi connectivity index (χ4n) is 1.62. The second kappa shape index (κ2) is 5.28. The second-order valence-corrected chi connectivity index (χ2v) is 4.03. The van der Waals surface area contributed by atoms with Gasteiger partial charge in [0.25, 0.3) is 5.91 Å². The quantitative estimate of drug-likeness (QED) is 0.729. The van der Waals surface area contributed by atoms with Crippen molar-refractivity contribution in [1.29, 1.82) is 5.26 Å². The third-order valence-corrected chi connectivity index (χ3v) is 2.63. The molecule has 0 unspecified atom stereocenters. The van der Waals surface area contributed by atoms with Gasteiger partial charge in [0.1, 0.15) is 11.6 Å². The van der Waals surface area contributed by atoms with Crippen molar-refractivity contribution in [2.24, 2.45) is 0 Å². The summed E-state index contributed by atoms with van der Waals surface area (Å²) < 4.78 is 13.5. The summed E-state index contributed by atoms with van der Waals surface area (Å²) in [5.74, 6) is -1.80. The molecule has 2 aromatic rings. The lowest BCUT2D eigenvalue weighted by Crippen LogP contribution is -2.14. The van der Waals surface area contributed by atoms with E-state index in [2.05, 4.69) is 5.32 Å². The highest BCUT2D eigenvalue weighted by atomic mass is 19.1. The molecule has 0 saturated heterocycles.